The fourth-order valence-electron chi connectivity index (χ4n) is 2.83. The Labute approximate surface area is 127 Å². The van der Waals surface area contributed by atoms with E-state index in [0.717, 1.165) is 19.3 Å². The Balaban J connectivity index is 2.39. The summed E-state index contributed by atoms with van der Waals surface area (Å²) < 4.78 is 25.7. The summed E-state index contributed by atoms with van der Waals surface area (Å²) in [6.45, 7) is 3.79. The van der Waals surface area contributed by atoms with Crippen LogP contribution < -0.4 is 0 Å². The lowest BCUT2D eigenvalue weighted by Crippen LogP contribution is -2.34. The number of benzene rings is 1. The molecule has 1 aliphatic carbocycles. The van der Waals surface area contributed by atoms with Gasteiger partial charge in [-0.2, -0.15) is 0 Å². The number of sulfone groups is 1. The van der Waals surface area contributed by atoms with Gasteiger partial charge in [0, 0.05) is 6.42 Å². The summed E-state index contributed by atoms with van der Waals surface area (Å²) in [5.74, 6) is -0.0260. The van der Waals surface area contributed by atoms with Gasteiger partial charge >= 0.3 is 0 Å². The normalized spacial score (nSPS) is 23.0. The number of hydrogen-bond acceptors (Lipinski definition) is 3. The molecule has 0 saturated heterocycles. The van der Waals surface area contributed by atoms with Gasteiger partial charge in [-0.05, 0) is 37.0 Å². The molecule has 0 saturated carbocycles. The van der Waals surface area contributed by atoms with E-state index in [1.807, 2.05) is 0 Å². The highest BCUT2D eigenvalue weighted by Crippen LogP contribution is 2.33. The van der Waals surface area contributed by atoms with Crippen LogP contribution >= 0.6 is 0 Å². The molecule has 1 aliphatic rings. The fraction of sp³-hybridized carbons (Fsp3) is 0.471. The average molecular weight is 306 g/mol. The summed E-state index contributed by atoms with van der Waals surface area (Å²) in [6, 6.07) is 8.54. The second-order valence-corrected chi connectivity index (χ2v) is 7.81. The number of ketones is 1. The summed E-state index contributed by atoms with van der Waals surface area (Å²) >= 11 is 0. The molecule has 2 atom stereocenters. The maximum Gasteiger partial charge on any atom is 0.185 e. The first-order chi connectivity index (χ1) is 9.96. The highest BCUT2D eigenvalue weighted by Gasteiger charge is 2.37. The minimum absolute atomic E-state index is 0.0793. The smallest absolute Gasteiger partial charge is 0.185 e. The third-order valence-corrected chi connectivity index (χ3v) is 6.29. The van der Waals surface area contributed by atoms with Gasteiger partial charge in [-0.3, -0.25) is 4.79 Å². The van der Waals surface area contributed by atoms with E-state index in [2.05, 4.69) is 6.92 Å². The van der Waals surface area contributed by atoms with Crippen LogP contribution in [0.3, 0.4) is 0 Å². The molecule has 0 heterocycles. The van der Waals surface area contributed by atoms with Gasteiger partial charge in [-0.15, -0.1) is 0 Å². The predicted octanol–water partition coefficient (Wildman–Crippen LogP) is 3.55. The largest absolute Gasteiger partial charge is 0.295 e. The van der Waals surface area contributed by atoms with Crippen molar-refractivity contribution >= 4 is 15.6 Å². The summed E-state index contributed by atoms with van der Waals surface area (Å²) in [6.07, 6.45) is 4.74. The van der Waals surface area contributed by atoms with Crippen molar-refractivity contribution < 1.29 is 13.2 Å². The number of hydrogen-bond donors (Lipinski definition) is 0. The van der Waals surface area contributed by atoms with Crippen molar-refractivity contribution in [3.63, 3.8) is 0 Å². The van der Waals surface area contributed by atoms with E-state index in [1.54, 1.807) is 43.3 Å². The van der Waals surface area contributed by atoms with Crippen LogP contribution in [0.5, 0.6) is 0 Å². The van der Waals surface area contributed by atoms with Gasteiger partial charge in [0.1, 0.15) is 0 Å². The summed E-state index contributed by atoms with van der Waals surface area (Å²) in [5, 5.41) is -0.579. The Hall–Kier alpha value is -1.42. The number of carbonyl (C=O) groups excluding carboxylic acids is 1. The highest BCUT2D eigenvalue weighted by atomic mass is 32.2. The van der Waals surface area contributed by atoms with Crippen LogP contribution in [0.25, 0.3) is 0 Å². The molecule has 0 spiro atoms. The summed E-state index contributed by atoms with van der Waals surface area (Å²) in [5.41, 5.74) is 0.576. The van der Waals surface area contributed by atoms with Crippen molar-refractivity contribution in [3.8, 4) is 0 Å². The predicted molar refractivity (Wildman–Crippen MR) is 83.8 cm³/mol. The maximum atomic E-state index is 12.9. The SMILES string of the molecule is CCCCC1CC(=O)C(C)=CC1S(=O)(=O)c1ccccc1. The van der Waals surface area contributed by atoms with E-state index in [-0.39, 0.29) is 11.7 Å². The van der Waals surface area contributed by atoms with Crippen LogP contribution in [-0.4, -0.2) is 19.5 Å². The van der Waals surface area contributed by atoms with Gasteiger partial charge in [0.25, 0.3) is 0 Å². The van der Waals surface area contributed by atoms with E-state index >= 15 is 0 Å². The lowest BCUT2D eigenvalue weighted by molar-refractivity contribution is -0.116. The molecule has 114 valence electrons. The van der Waals surface area contributed by atoms with E-state index in [1.165, 1.54) is 0 Å². The van der Waals surface area contributed by atoms with Crippen molar-refractivity contribution in [1.82, 2.24) is 0 Å². The van der Waals surface area contributed by atoms with Crippen LogP contribution in [-0.2, 0) is 14.6 Å². The molecule has 2 rings (SSSR count). The quantitative estimate of drug-likeness (QED) is 0.836. The number of carbonyl (C=O) groups is 1. The highest BCUT2D eigenvalue weighted by molar-refractivity contribution is 7.92. The molecule has 1 aromatic carbocycles. The zero-order chi connectivity index (χ0) is 15.5. The fourth-order valence-corrected chi connectivity index (χ4v) is 4.81. The van der Waals surface area contributed by atoms with Crippen LogP contribution in [0.15, 0.2) is 46.9 Å². The molecule has 0 amide bonds. The lowest BCUT2D eigenvalue weighted by atomic mass is 9.85. The van der Waals surface area contributed by atoms with Crippen LogP contribution in [0, 0.1) is 5.92 Å². The Morgan fingerprint density at radius 1 is 1.19 bits per heavy atom. The summed E-state index contributed by atoms with van der Waals surface area (Å²) in [7, 11) is -3.43. The molecular weight excluding hydrogens is 284 g/mol. The first-order valence-corrected chi connectivity index (χ1v) is 9.02. The van der Waals surface area contributed by atoms with E-state index in [0.29, 0.717) is 16.9 Å². The van der Waals surface area contributed by atoms with E-state index in [9.17, 15) is 13.2 Å². The maximum absolute atomic E-state index is 12.9. The third-order valence-electron chi connectivity index (χ3n) is 4.12. The molecule has 0 fully saturated rings. The Morgan fingerprint density at radius 3 is 2.48 bits per heavy atom. The molecule has 0 aromatic heterocycles. The van der Waals surface area contributed by atoms with Gasteiger partial charge in [-0.1, -0.05) is 44.0 Å². The Kier molecular flexibility index (Phi) is 4.99. The van der Waals surface area contributed by atoms with Crippen molar-refractivity contribution in [3.05, 3.63) is 42.0 Å². The molecule has 0 N–H and O–H groups in total. The van der Waals surface area contributed by atoms with Crippen molar-refractivity contribution in [2.24, 2.45) is 5.92 Å². The minimum atomic E-state index is -3.43. The molecule has 2 unspecified atom stereocenters. The zero-order valence-electron chi connectivity index (χ0n) is 12.6. The first kappa shape index (κ1) is 16.0. The van der Waals surface area contributed by atoms with Crippen LogP contribution in [0.2, 0.25) is 0 Å². The lowest BCUT2D eigenvalue weighted by Gasteiger charge is -2.28. The monoisotopic (exact) mass is 306 g/mol. The molecule has 0 bridgehead atoms. The molecule has 21 heavy (non-hydrogen) atoms. The van der Waals surface area contributed by atoms with Crippen molar-refractivity contribution in [1.29, 1.82) is 0 Å². The van der Waals surface area contributed by atoms with E-state index < -0.39 is 15.1 Å². The third kappa shape index (κ3) is 3.43. The zero-order valence-corrected chi connectivity index (χ0v) is 13.4. The number of Topliss-reactive ketones (excluding diaryl/α,β-unsaturated/α-hetero) is 1. The molecule has 0 aliphatic heterocycles. The Bertz CT molecular complexity index is 629. The van der Waals surface area contributed by atoms with E-state index in [4.69, 9.17) is 0 Å². The number of allylic oxidation sites excluding steroid dienone is 1. The average Bonchev–Trinajstić information content (AvgIpc) is 2.48. The first-order valence-electron chi connectivity index (χ1n) is 7.47. The molecule has 4 heteroatoms. The standard InChI is InChI=1S/C17H22O3S/c1-3-4-8-14-12-16(18)13(2)11-17(14)21(19,20)15-9-6-5-7-10-15/h5-7,9-11,14,17H,3-4,8,12H2,1-2H3. The van der Waals surface area contributed by atoms with Crippen molar-refractivity contribution in [2.75, 3.05) is 0 Å². The molecule has 0 radical (unpaired) electrons. The van der Waals surface area contributed by atoms with Crippen LogP contribution in [0.4, 0.5) is 0 Å². The van der Waals surface area contributed by atoms with Gasteiger partial charge in [-0.25, -0.2) is 8.42 Å². The van der Waals surface area contributed by atoms with Gasteiger partial charge in [0.15, 0.2) is 15.6 Å². The van der Waals surface area contributed by atoms with Gasteiger partial charge in [0.2, 0.25) is 0 Å². The second-order valence-electron chi connectivity index (χ2n) is 5.70. The summed E-state index contributed by atoms with van der Waals surface area (Å²) in [4.78, 5) is 12.3. The number of rotatable bonds is 5. The second kappa shape index (κ2) is 6.56. The molecule has 1 aromatic rings. The van der Waals surface area contributed by atoms with Crippen molar-refractivity contribution in [2.45, 2.75) is 49.7 Å². The number of unbranched alkanes of at least 4 members (excludes halogenated alkanes) is 1. The minimum Gasteiger partial charge on any atom is -0.295 e. The van der Waals surface area contributed by atoms with Gasteiger partial charge in [0.05, 0.1) is 10.1 Å². The van der Waals surface area contributed by atoms with Gasteiger partial charge < -0.3 is 0 Å². The molecular formula is C17H22O3S. The Morgan fingerprint density at radius 2 is 1.86 bits per heavy atom. The topological polar surface area (TPSA) is 51.2 Å². The molecule has 3 nitrogen and oxygen atoms in total. The van der Waals surface area contributed by atoms with Crippen LogP contribution in [0.1, 0.15) is 39.5 Å².